The summed E-state index contributed by atoms with van der Waals surface area (Å²) in [7, 11) is 0. The Balaban J connectivity index is 1.75. The van der Waals surface area contributed by atoms with Crippen molar-refractivity contribution < 1.29 is 4.79 Å². The van der Waals surface area contributed by atoms with Crippen LogP contribution in [-0.2, 0) is 4.79 Å². The number of H-pyrrole nitrogens is 1. The Labute approximate surface area is 160 Å². The molecule has 1 heterocycles. The van der Waals surface area contributed by atoms with E-state index in [1.165, 1.54) is 12.8 Å². The predicted octanol–water partition coefficient (Wildman–Crippen LogP) is 3.74. The molecule has 0 radical (unpaired) electrons. The summed E-state index contributed by atoms with van der Waals surface area (Å²) in [6.45, 7) is 1.92. The van der Waals surface area contributed by atoms with Crippen LogP contribution in [0.4, 0.5) is 0 Å². The van der Waals surface area contributed by atoms with Gasteiger partial charge in [0.05, 0.1) is 6.04 Å². The van der Waals surface area contributed by atoms with Crippen molar-refractivity contribution in [2.24, 2.45) is 5.92 Å². The molecule has 3 rings (SSSR count). The topological polar surface area (TPSA) is 87.7 Å². The zero-order valence-electron chi connectivity index (χ0n) is 14.8. The van der Waals surface area contributed by atoms with Gasteiger partial charge in [-0.2, -0.15) is 0 Å². The van der Waals surface area contributed by atoms with Gasteiger partial charge in [-0.1, -0.05) is 53.9 Å². The van der Waals surface area contributed by atoms with Crippen molar-refractivity contribution >= 4 is 21.8 Å². The van der Waals surface area contributed by atoms with Crippen LogP contribution in [0.5, 0.6) is 0 Å². The van der Waals surface area contributed by atoms with E-state index in [9.17, 15) is 9.59 Å². The van der Waals surface area contributed by atoms with Crippen LogP contribution in [0.3, 0.4) is 0 Å². The lowest BCUT2D eigenvalue weighted by Gasteiger charge is -2.17. The average Bonchev–Trinajstić information content (AvgIpc) is 3.13. The molecule has 1 aromatic carbocycles. The number of rotatable bonds is 6. The van der Waals surface area contributed by atoms with Gasteiger partial charge in [-0.15, -0.1) is 10.2 Å². The third-order valence-electron chi connectivity index (χ3n) is 4.87. The minimum absolute atomic E-state index is 0.0140. The molecular weight excluding hydrogens is 396 g/mol. The molecule has 1 saturated carbocycles. The number of hydrogen-bond donors (Lipinski definition) is 2. The fourth-order valence-corrected chi connectivity index (χ4v) is 3.91. The number of nitrogens with zero attached hydrogens (tertiary/aromatic N) is 2. The number of hydrogen-bond acceptors (Lipinski definition) is 4. The van der Waals surface area contributed by atoms with Crippen LogP contribution < -0.4 is 10.9 Å². The van der Waals surface area contributed by atoms with Gasteiger partial charge in [0.25, 0.3) is 5.56 Å². The molecule has 1 unspecified atom stereocenters. The first-order chi connectivity index (χ1) is 12.6. The summed E-state index contributed by atoms with van der Waals surface area (Å²) < 4.78 is 0.828. The van der Waals surface area contributed by atoms with Gasteiger partial charge >= 0.3 is 0 Å². The van der Waals surface area contributed by atoms with Crippen LogP contribution in [0.25, 0.3) is 11.4 Å². The van der Waals surface area contributed by atoms with Gasteiger partial charge in [0.2, 0.25) is 5.91 Å². The molecule has 1 atom stereocenters. The molecule has 1 aliphatic rings. The maximum Gasteiger partial charge on any atom is 0.275 e. The minimum Gasteiger partial charge on any atom is -0.347 e. The third kappa shape index (κ3) is 4.38. The highest BCUT2D eigenvalue weighted by Crippen LogP contribution is 2.28. The van der Waals surface area contributed by atoms with Crippen LogP contribution in [0.15, 0.2) is 33.5 Å². The fraction of sp³-hybridized carbons (Fsp3) is 0.474. The van der Waals surface area contributed by atoms with Crippen molar-refractivity contribution in [2.45, 2.75) is 51.5 Å². The van der Waals surface area contributed by atoms with Gasteiger partial charge in [0.1, 0.15) is 0 Å². The Morgan fingerprint density at radius 2 is 2.04 bits per heavy atom. The number of aromatic amines is 1. The van der Waals surface area contributed by atoms with Gasteiger partial charge < -0.3 is 10.3 Å². The molecular formula is C19H23BrN4O2. The molecule has 26 heavy (non-hydrogen) atoms. The summed E-state index contributed by atoms with van der Waals surface area (Å²) in [6, 6.07) is 7.06. The van der Waals surface area contributed by atoms with E-state index in [-0.39, 0.29) is 17.2 Å². The zero-order chi connectivity index (χ0) is 18.5. The average molecular weight is 419 g/mol. The lowest BCUT2D eigenvalue weighted by molar-refractivity contribution is -0.122. The van der Waals surface area contributed by atoms with E-state index in [0.29, 0.717) is 24.6 Å². The van der Waals surface area contributed by atoms with Gasteiger partial charge in [-0.05, 0) is 31.2 Å². The molecule has 1 amide bonds. The van der Waals surface area contributed by atoms with E-state index >= 15 is 0 Å². The molecule has 0 bridgehead atoms. The third-order valence-corrected chi connectivity index (χ3v) is 5.57. The van der Waals surface area contributed by atoms with Crippen LogP contribution in [-0.4, -0.2) is 21.1 Å². The summed E-state index contributed by atoms with van der Waals surface area (Å²) >= 11 is 3.45. The molecule has 7 heteroatoms. The highest BCUT2D eigenvalue weighted by Gasteiger charge is 2.23. The van der Waals surface area contributed by atoms with Crippen molar-refractivity contribution in [2.75, 3.05) is 0 Å². The number of amides is 1. The molecule has 1 aromatic heterocycles. The lowest BCUT2D eigenvalue weighted by atomic mass is 10.0. The van der Waals surface area contributed by atoms with Crippen LogP contribution in [0, 0.1) is 5.92 Å². The lowest BCUT2D eigenvalue weighted by Crippen LogP contribution is -2.34. The van der Waals surface area contributed by atoms with Crippen molar-refractivity contribution in [3.05, 3.63) is 44.8 Å². The molecule has 1 aliphatic carbocycles. The predicted molar refractivity (Wildman–Crippen MR) is 104 cm³/mol. The molecule has 0 saturated heterocycles. The number of carbonyl (C=O) groups is 1. The molecule has 6 nitrogen and oxygen atoms in total. The molecule has 138 valence electrons. The summed E-state index contributed by atoms with van der Waals surface area (Å²) in [5.41, 5.74) is 0.698. The van der Waals surface area contributed by atoms with Crippen LogP contribution in [0.1, 0.15) is 57.2 Å². The normalized spacial score (nSPS) is 15.8. The zero-order valence-corrected chi connectivity index (χ0v) is 16.4. The van der Waals surface area contributed by atoms with Gasteiger partial charge in [-0.3, -0.25) is 9.59 Å². The molecule has 0 aliphatic heterocycles. The first-order valence-electron chi connectivity index (χ1n) is 9.09. The summed E-state index contributed by atoms with van der Waals surface area (Å²) in [5, 5.41) is 11.2. The smallest absolute Gasteiger partial charge is 0.275 e. The summed E-state index contributed by atoms with van der Waals surface area (Å²) in [6.07, 6.45) is 5.75. The molecule has 2 N–H and O–H groups in total. The maximum atomic E-state index is 12.5. The van der Waals surface area contributed by atoms with Crippen molar-refractivity contribution in [1.82, 2.24) is 20.5 Å². The number of halogens is 1. The van der Waals surface area contributed by atoms with Gasteiger partial charge in [0.15, 0.2) is 11.5 Å². The van der Waals surface area contributed by atoms with Gasteiger partial charge in [0, 0.05) is 16.5 Å². The standard InChI is InChI=1S/C19H23BrN4O2/c1-2-15(21-16(25)11-12-7-3-4-8-12)17-19(26)22-18(24-23-17)13-9-5-6-10-14(13)20/h5-6,9-10,12,15H,2-4,7-8,11H2,1H3,(H,21,25)(H,22,24,26). The number of aromatic nitrogens is 3. The van der Waals surface area contributed by atoms with E-state index in [0.717, 1.165) is 22.9 Å². The van der Waals surface area contributed by atoms with Crippen molar-refractivity contribution in [3.63, 3.8) is 0 Å². The Hall–Kier alpha value is -2.02. The molecule has 2 aromatic rings. The Kier molecular flexibility index (Phi) is 6.19. The maximum absolute atomic E-state index is 12.5. The fourth-order valence-electron chi connectivity index (χ4n) is 3.44. The second kappa shape index (κ2) is 8.58. The van der Waals surface area contributed by atoms with Crippen molar-refractivity contribution in [1.29, 1.82) is 0 Å². The summed E-state index contributed by atoms with van der Waals surface area (Å²) in [4.78, 5) is 27.6. The van der Waals surface area contributed by atoms with Crippen molar-refractivity contribution in [3.8, 4) is 11.4 Å². The molecule has 0 spiro atoms. The van der Waals surface area contributed by atoms with E-state index in [1.54, 1.807) is 0 Å². The van der Waals surface area contributed by atoms with E-state index < -0.39 is 6.04 Å². The Bertz CT molecular complexity index is 830. The summed E-state index contributed by atoms with van der Waals surface area (Å²) in [5.74, 6) is 0.855. The SMILES string of the molecule is CCC(NC(=O)CC1CCCC1)c1nnc(-c2ccccc2Br)[nH]c1=O. The number of carbonyl (C=O) groups excluding carboxylic acids is 1. The highest BCUT2D eigenvalue weighted by molar-refractivity contribution is 9.10. The largest absolute Gasteiger partial charge is 0.347 e. The van der Waals surface area contributed by atoms with Crippen LogP contribution >= 0.6 is 15.9 Å². The number of nitrogens with one attached hydrogen (secondary N) is 2. The van der Waals surface area contributed by atoms with Gasteiger partial charge in [-0.25, -0.2) is 0 Å². The second-order valence-corrected chi connectivity index (χ2v) is 7.61. The number of benzene rings is 1. The Morgan fingerprint density at radius 3 is 2.69 bits per heavy atom. The van der Waals surface area contributed by atoms with E-state index in [4.69, 9.17) is 0 Å². The minimum atomic E-state index is -0.423. The van der Waals surface area contributed by atoms with E-state index in [1.807, 2.05) is 31.2 Å². The van der Waals surface area contributed by atoms with E-state index in [2.05, 4.69) is 36.4 Å². The first kappa shape index (κ1) is 18.8. The monoisotopic (exact) mass is 418 g/mol. The van der Waals surface area contributed by atoms with Crippen LogP contribution in [0.2, 0.25) is 0 Å². The highest BCUT2D eigenvalue weighted by atomic mass is 79.9. The first-order valence-corrected chi connectivity index (χ1v) is 9.89. The Morgan fingerprint density at radius 1 is 1.31 bits per heavy atom. The second-order valence-electron chi connectivity index (χ2n) is 6.75. The molecule has 1 fully saturated rings. The quantitative estimate of drug-likeness (QED) is 0.747.